The Labute approximate surface area is 71.5 Å². The molecule has 0 saturated heterocycles. The highest BCUT2D eigenvalue weighted by Crippen LogP contribution is 2.02. The van der Waals surface area contributed by atoms with Crippen LogP contribution in [0.4, 0.5) is 0 Å². The number of nitrogens with two attached hydrogens (primary N) is 1. The van der Waals surface area contributed by atoms with E-state index in [1.807, 2.05) is 0 Å². The number of carboxylic acid groups (broad SMARTS) is 1. The molecule has 0 bridgehead atoms. The largest absolute Gasteiger partial charge is 0.480 e. The molecule has 0 radical (unpaired) electrons. The molecule has 1 unspecified atom stereocenters. The molecule has 0 aliphatic rings. The normalized spacial score (nSPS) is 12.9. The number of carboxylic acids is 1. The molecule has 3 N–H and O–H groups in total. The van der Waals surface area contributed by atoms with E-state index < -0.39 is 12.0 Å². The van der Waals surface area contributed by atoms with Crippen LogP contribution in [-0.2, 0) is 4.79 Å². The Morgan fingerprint density at radius 3 is 2.55 bits per heavy atom. The highest BCUT2D eigenvalue weighted by molar-refractivity contribution is 6.17. The van der Waals surface area contributed by atoms with E-state index in [1.54, 1.807) is 0 Å². The summed E-state index contributed by atoms with van der Waals surface area (Å²) in [6.07, 6.45) is 3.30. The lowest BCUT2D eigenvalue weighted by Crippen LogP contribution is -2.29. The highest BCUT2D eigenvalue weighted by Gasteiger charge is 2.09. The van der Waals surface area contributed by atoms with Gasteiger partial charge in [0.15, 0.2) is 0 Å². The third kappa shape index (κ3) is 6.13. The minimum Gasteiger partial charge on any atom is -0.480 e. The maximum Gasteiger partial charge on any atom is 0.320 e. The molecule has 1 atom stereocenters. The van der Waals surface area contributed by atoms with Crippen molar-refractivity contribution in [3.05, 3.63) is 0 Å². The van der Waals surface area contributed by atoms with Crippen LogP contribution in [0.15, 0.2) is 0 Å². The number of carbonyl (C=O) groups is 1. The van der Waals surface area contributed by atoms with E-state index >= 15 is 0 Å². The summed E-state index contributed by atoms with van der Waals surface area (Å²) in [7, 11) is 0. The molecule has 0 fully saturated rings. The van der Waals surface area contributed by atoms with Crippen LogP contribution in [0, 0.1) is 0 Å². The van der Waals surface area contributed by atoms with Gasteiger partial charge in [-0.1, -0.05) is 12.8 Å². The number of hydrogen-bond acceptors (Lipinski definition) is 2. The average molecular weight is 180 g/mol. The molecule has 0 spiro atoms. The van der Waals surface area contributed by atoms with Gasteiger partial charge < -0.3 is 10.8 Å². The van der Waals surface area contributed by atoms with E-state index in [1.165, 1.54) is 0 Å². The number of hydrogen-bond donors (Lipinski definition) is 2. The Kier molecular flexibility index (Phi) is 6.27. The van der Waals surface area contributed by atoms with Crippen molar-refractivity contribution in [2.24, 2.45) is 5.73 Å². The monoisotopic (exact) mass is 179 g/mol. The van der Waals surface area contributed by atoms with Crippen LogP contribution < -0.4 is 5.73 Å². The quantitative estimate of drug-likeness (QED) is 0.476. The van der Waals surface area contributed by atoms with Crippen LogP contribution in [0.25, 0.3) is 0 Å². The van der Waals surface area contributed by atoms with Crippen LogP contribution in [-0.4, -0.2) is 23.0 Å². The number of rotatable bonds is 6. The lowest BCUT2D eigenvalue weighted by atomic mass is 10.1. The van der Waals surface area contributed by atoms with Crippen LogP contribution in [0.5, 0.6) is 0 Å². The van der Waals surface area contributed by atoms with Gasteiger partial charge in [-0.25, -0.2) is 0 Å². The van der Waals surface area contributed by atoms with E-state index in [9.17, 15) is 4.79 Å². The molecule has 0 rings (SSSR count). The summed E-state index contributed by atoms with van der Waals surface area (Å²) < 4.78 is 0. The van der Waals surface area contributed by atoms with E-state index in [0.717, 1.165) is 19.3 Å². The zero-order valence-electron chi connectivity index (χ0n) is 6.42. The first kappa shape index (κ1) is 10.7. The first-order valence-electron chi connectivity index (χ1n) is 3.73. The molecule has 4 heteroatoms. The molecule has 0 aromatic rings. The lowest BCUT2D eigenvalue weighted by molar-refractivity contribution is -0.138. The fourth-order valence-electron chi connectivity index (χ4n) is 0.759. The lowest BCUT2D eigenvalue weighted by Gasteiger charge is -2.04. The molecule has 0 aliphatic carbocycles. The summed E-state index contributed by atoms with van der Waals surface area (Å²) in [5.74, 6) is -0.279. The molecule has 0 saturated carbocycles. The Morgan fingerprint density at radius 2 is 2.09 bits per heavy atom. The highest BCUT2D eigenvalue weighted by atomic mass is 35.5. The standard InChI is InChI=1S/C7H14ClNO2/c8-5-3-1-2-4-6(9)7(10)11/h6H,1-5,9H2,(H,10,11). The number of unbranched alkanes of at least 4 members (excludes halogenated alkanes) is 2. The van der Waals surface area contributed by atoms with Gasteiger partial charge >= 0.3 is 5.97 Å². The van der Waals surface area contributed by atoms with Crippen molar-refractivity contribution < 1.29 is 9.90 Å². The predicted molar refractivity (Wildman–Crippen MR) is 44.8 cm³/mol. The Hall–Kier alpha value is -0.280. The molecule has 0 aromatic heterocycles. The average Bonchev–Trinajstić information content (AvgIpc) is 1.97. The fraction of sp³-hybridized carbons (Fsp3) is 0.857. The van der Waals surface area contributed by atoms with Crippen molar-refractivity contribution in [1.82, 2.24) is 0 Å². The predicted octanol–water partition coefficient (Wildman–Crippen LogP) is 1.20. The first-order valence-corrected chi connectivity index (χ1v) is 4.26. The van der Waals surface area contributed by atoms with Crippen LogP contribution >= 0.6 is 11.6 Å². The molecule has 0 heterocycles. The van der Waals surface area contributed by atoms with Gasteiger partial charge in [-0.2, -0.15) is 0 Å². The summed E-state index contributed by atoms with van der Waals surface area (Å²) in [5.41, 5.74) is 5.27. The summed E-state index contributed by atoms with van der Waals surface area (Å²) >= 11 is 5.43. The number of halogens is 1. The Morgan fingerprint density at radius 1 is 1.45 bits per heavy atom. The Bertz CT molecular complexity index is 119. The van der Waals surface area contributed by atoms with Crippen LogP contribution in [0.1, 0.15) is 25.7 Å². The summed E-state index contributed by atoms with van der Waals surface area (Å²) in [4.78, 5) is 10.2. The van der Waals surface area contributed by atoms with Gasteiger partial charge in [0.05, 0.1) is 0 Å². The second kappa shape index (κ2) is 6.43. The molecule has 0 aromatic carbocycles. The summed E-state index contributed by atoms with van der Waals surface area (Å²) in [6, 6.07) is -0.703. The van der Waals surface area contributed by atoms with Crippen LogP contribution in [0.3, 0.4) is 0 Å². The van der Waals surface area contributed by atoms with Gasteiger partial charge in [0.25, 0.3) is 0 Å². The molecule has 0 aliphatic heterocycles. The third-order valence-corrected chi connectivity index (χ3v) is 1.73. The molecule has 66 valence electrons. The van der Waals surface area contributed by atoms with Crippen molar-refractivity contribution in [1.29, 1.82) is 0 Å². The van der Waals surface area contributed by atoms with Gasteiger partial charge in [0.2, 0.25) is 0 Å². The number of aliphatic carboxylic acids is 1. The first-order chi connectivity index (χ1) is 5.18. The van der Waals surface area contributed by atoms with Crippen molar-refractivity contribution in [2.45, 2.75) is 31.7 Å². The van der Waals surface area contributed by atoms with E-state index in [4.69, 9.17) is 22.4 Å². The van der Waals surface area contributed by atoms with Crippen molar-refractivity contribution in [3.63, 3.8) is 0 Å². The topological polar surface area (TPSA) is 63.3 Å². The fourth-order valence-corrected chi connectivity index (χ4v) is 0.948. The third-order valence-electron chi connectivity index (χ3n) is 1.47. The zero-order chi connectivity index (χ0) is 8.69. The second-order valence-electron chi connectivity index (χ2n) is 2.48. The van der Waals surface area contributed by atoms with Crippen molar-refractivity contribution >= 4 is 17.6 Å². The maximum absolute atomic E-state index is 10.2. The molecular weight excluding hydrogens is 166 g/mol. The van der Waals surface area contributed by atoms with Gasteiger partial charge in [0, 0.05) is 5.88 Å². The van der Waals surface area contributed by atoms with Crippen molar-refractivity contribution in [2.75, 3.05) is 5.88 Å². The summed E-state index contributed by atoms with van der Waals surface area (Å²) in [6.45, 7) is 0. The van der Waals surface area contributed by atoms with Crippen molar-refractivity contribution in [3.8, 4) is 0 Å². The van der Waals surface area contributed by atoms with Gasteiger partial charge in [-0.3, -0.25) is 4.79 Å². The zero-order valence-corrected chi connectivity index (χ0v) is 7.18. The number of alkyl halides is 1. The van der Waals surface area contributed by atoms with E-state index in [0.29, 0.717) is 12.3 Å². The van der Waals surface area contributed by atoms with Gasteiger partial charge in [-0.15, -0.1) is 11.6 Å². The molecular formula is C7H14ClNO2. The minimum absolute atomic E-state index is 0.548. The molecule has 3 nitrogen and oxygen atoms in total. The SMILES string of the molecule is NC(CCCCCCl)C(=O)O. The van der Waals surface area contributed by atoms with E-state index in [-0.39, 0.29) is 0 Å². The maximum atomic E-state index is 10.2. The summed E-state index contributed by atoms with van der Waals surface area (Å²) in [5, 5.41) is 8.39. The smallest absolute Gasteiger partial charge is 0.320 e. The molecule has 11 heavy (non-hydrogen) atoms. The van der Waals surface area contributed by atoms with Gasteiger partial charge in [-0.05, 0) is 12.8 Å². The van der Waals surface area contributed by atoms with E-state index in [2.05, 4.69) is 0 Å². The van der Waals surface area contributed by atoms with Crippen LogP contribution in [0.2, 0.25) is 0 Å². The minimum atomic E-state index is -0.920. The molecule has 0 amide bonds. The second-order valence-corrected chi connectivity index (χ2v) is 2.86. The van der Waals surface area contributed by atoms with Gasteiger partial charge in [0.1, 0.15) is 6.04 Å². The Balaban J connectivity index is 3.17.